The Morgan fingerprint density at radius 3 is 2.69 bits per heavy atom. The molecule has 0 radical (unpaired) electrons. The third-order valence-electron chi connectivity index (χ3n) is 5.53. The lowest BCUT2D eigenvalue weighted by atomic mass is 10.1. The largest absolute Gasteiger partial charge is 0.390 e. The van der Waals surface area contributed by atoms with Crippen molar-refractivity contribution in [2.75, 3.05) is 31.9 Å². The van der Waals surface area contributed by atoms with E-state index in [1.807, 2.05) is 12.1 Å². The number of fused-ring (bicyclic) bond motifs is 1. The molecule has 1 amide bonds. The number of likely N-dealkylation sites (tertiary alicyclic amines) is 1. The minimum atomic E-state index is -0.574. The number of amides is 1. The fraction of sp³-hybridized carbons (Fsp3) is 0.280. The lowest BCUT2D eigenvalue weighted by Gasteiger charge is -2.19. The smallest absolute Gasteiger partial charge is 0.251 e. The molecule has 0 bridgehead atoms. The third-order valence-corrected chi connectivity index (χ3v) is 5.76. The number of nitrogens with one attached hydrogen (secondary N) is 1. The van der Waals surface area contributed by atoms with Crippen LogP contribution in [0.1, 0.15) is 34.3 Å². The van der Waals surface area contributed by atoms with Gasteiger partial charge in [0.1, 0.15) is 5.82 Å². The zero-order valence-electron chi connectivity index (χ0n) is 17.6. The summed E-state index contributed by atoms with van der Waals surface area (Å²) in [7, 11) is 0. The van der Waals surface area contributed by atoms with Crippen molar-refractivity contribution in [1.29, 1.82) is 0 Å². The van der Waals surface area contributed by atoms with Gasteiger partial charge in [-0.2, -0.15) is 0 Å². The molecule has 4 rings (SSSR count). The maximum atomic E-state index is 12.4. The standard InChI is InChI=1S/C25H25ClN4O2/c26-20-9-8-19-14-28-24(27)22(23(19)13-20)10-5-17-3-6-18(7-4-17)25(32)29-15-21(31)16-30-11-1-2-12-30/h3-4,6-9,13-14,21,31H,1-2,11-12,15-16H2,(H2,27,28)(H,29,32). The zero-order valence-corrected chi connectivity index (χ0v) is 18.4. The fourth-order valence-corrected chi connectivity index (χ4v) is 3.98. The van der Waals surface area contributed by atoms with Gasteiger partial charge in [-0.3, -0.25) is 4.79 Å². The molecule has 7 heteroatoms. The Kier molecular flexibility index (Phi) is 6.91. The quantitative estimate of drug-likeness (QED) is 0.522. The number of anilines is 1. The van der Waals surface area contributed by atoms with E-state index in [2.05, 4.69) is 27.0 Å². The van der Waals surface area contributed by atoms with Gasteiger partial charge in [0.2, 0.25) is 0 Å². The number of nitrogens with two attached hydrogens (primary N) is 1. The molecule has 0 saturated carbocycles. The molecule has 1 aliphatic rings. The highest BCUT2D eigenvalue weighted by atomic mass is 35.5. The number of carbonyl (C=O) groups excluding carboxylic acids is 1. The van der Waals surface area contributed by atoms with E-state index < -0.39 is 6.10 Å². The second-order valence-corrected chi connectivity index (χ2v) is 8.39. The van der Waals surface area contributed by atoms with Crippen LogP contribution in [0.2, 0.25) is 5.02 Å². The first-order valence-corrected chi connectivity index (χ1v) is 11.0. The van der Waals surface area contributed by atoms with Crippen LogP contribution < -0.4 is 11.1 Å². The number of aliphatic hydroxyl groups excluding tert-OH is 1. The predicted molar refractivity (Wildman–Crippen MR) is 128 cm³/mol. The summed E-state index contributed by atoms with van der Waals surface area (Å²) >= 11 is 6.13. The Morgan fingerprint density at radius 2 is 1.94 bits per heavy atom. The summed E-state index contributed by atoms with van der Waals surface area (Å²) in [5, 5.41) is 15.3. The van der Waals surface area contributed by atoms with Crippen molar-refractivity contribution in [3.8, 4) is 11.8 Å². The van der Waals surface area contributed by atoms with Gasteiger partial charge in [-0.15, -0.1) is 0 Å². The van der Waals surface area contributed by atoms with E-state index in [0.29, 0.717) is 28.5 Å². The van der Waals surface area contributed by atoms with Crippen LogP contribution in [0.25, 0.3) is 10.8 Å². The van der Waals surface area contributed by atoms with Gasteiger partial charge in [0.05, 0.1) is 11.7 Å². The zero-order chi connectivity index (χ0) is 22.5. The van der Waals surface area contributed by atoms with Crippen molar-refractivity contribution < 1.29 is 9.90 Å². The second-order valence-electron chi connectivity index (χ2n) is 7.95. The number of aliphatic hydroxyl groups is 1. The molecule has 164 valence electrons. The number of rotatable bonds is 5. The molecule has 0 spiro atoms. The first-order chi connectivity index (χ1) is 15.5. The molecule has 1 aliphatic heterocycles. The number of aromatic nitrogens is 1. The summed E-state index contributed by atoms with van der Waals surface area (Å²) in [6.45, 7) is 2.85. The molecule has 2 aromatic carbocycles. The van der Waals surface area contributed by atoms with E-state index in [0.717, 1.165) is 29.4 Å². The second kappa shape index (κ2) is 10.0. The fourth-order valence-electron chi connectivity index (χ4n) is 3.81. The maximum absolute atomic E-state index is 12.4. The van der Waals surface area contributed by atoms with E-state index in [1.54, 1.807) is 36.5 Å². The van der Waals surface area contributed by atoms with Gasteiger partial charge in [-0.05, 0) is 62.3 Å². The lowest BCUT2D eigenvalue weighted by Crippen LogP contribution is -2.39. The van der Waals surface area contributed by atoms with Crippen LogP contribution in [0.15, 0.2) is 48.7 Å². The SMILES string of the molecule is Nc1ncc2ccc(Cl)cc2c1C#Cc1ccc(C(=O)NCC(O)CN2CCCC2)cc1. The van der Waals surface area contributed by atoms with E-state index in [4.69, 9.17) is 17.3 Å². The molecule has 3 aromatic rings. The number of hydrogen-bond donors (Lipinski definition) is 3. The monoisotopic (exact) mass is 448 g/mol. The number of β-amino-alcohol motifs (C(OH)–C–C–N with tert-alkyl or cyclic N) is 1. The van der Waals surface area contributed by atoms with Crippen LogP contribution in [0.3, 0.4) is 0 Å². The highest BCUT2D eigenvalue weighted by Gasteiger charge is 2.16. The summed E-state index contributed by atoms with van der Waals surface area (Å²) in [6.07, 6.45) is 3.47. The van der Waals surface area contributed by atoms with Crippen LogP contribution in [0.4, 0.5) is 5.82 Å². The Hall–Kier alpha value is -3.11. The van der Waals surface area contributed by atoms with E-state index in [-0.39, 0.29) is 12.5 Å². The Morgan fingerprint density at radius 1 is 1.19 bits per heavy atom. The number of halogens is 1. The number of pyridine rings is 1. The molecular formula is C25H25ClN4O2. The van der Waals surface area contributed by atoms with Gasteiger partial charge < -0.3 is 21.1 Å². The normalized spacial score (nSPS) is 14.7. The molecule has 1 atom stereocenters. The average molecular weight is 449 g/mol. The topological polar surface area (TPSA) is 91.5 Å². The van der Waals surface area contributed by atoms with Crippen molar-refractivity contribution in [1.82, 2.24) is 15.2 Å². The number of nitrogen functional groups attached to an aromatic ring is 1. The van der Waals surface area contributed by atoms with Crippen LogP contribution in [0.5, 0.6) is 0 Å². The highest BCUT2D eigenvalue weighted by Crippen LogP contribution is 2.24. The van der Waals surface area contributed by atoms with Crippen molar-refractivity contribution in [3.63, 3.8) is 0 Å². The van der Waals surface area contributed by atoms with Gasteiger partial charge in [0.15, 0.2) is 0 Å². The van der Waals surface area contributed by atoms with Crippen LogP contribution >= 0.6 is 11.6 Å². The number of nitrogens with zero attached hydrogens (tertiary/aromatic N) is 2. The minimum absolute atomic E-state index is 0.220. The molecule has 0 aliphatic carbocycles. The molecule has 1 fully saturated rings. The molecule has 4 N–H and O–H groups in total. The summed E-state index contributed by atoms with van der Waals surface area (Å²) in [6, 6.07) is 12.5. The summed E-state index contributed by atoms with van der Waals surface area (Å²) < 4.78 is 0. The highest BCUT2D eigenvalue weighted by molar-refractivity contribution is 6.31. The van der Waals surface area contributed by atoms with E-state index in [9.17, 15) is 9.90 Å². The Balaban J connectivity index is 1.41. The van der Waals surface area contributed by atoms with Crippen LogP contribution in [-0.4, -0.2) is 53.2 Å². The van der Waals surface area contributed by atoms with Gasteiger partial charge in [0.25, 0.3) is 5.91 Å². The van der Waals surface area contributed by atoms with Gasteiger partial charge >= 0.3 is 0 Å². The predicted octanol–water partition coefficient (Wildman–Crippen LogP) is 3.06. The van der Waals surface area contributed by atoms with Crippen molar-refractivity contribution in [2.24, 2.45) is 0 Å². The van der Waals surface area contributed by atoms with Gasteiger partial charge in [-0.1, -0.05) is 29.5 Å². The summed E-state index contributed by atoms with van der Waals surface area (Å²) in [4.78, 5) is 18.8. The minimum Gasteiger partial charge on any atom is -0.390 e. The lowest BCUT2D eigenvalue weighted by molar-refractivity contribution is 0.0879. The van der Waals surface area contributed by atoms with Gasteiger partial charge in [-0.25, -0.2) is 4.98 Å². The molecule has 1 aromatic heterocycles. The number of carbonyl (C=O) groups is 1. The van der Waals surface area contributed by atoms with Crippen molar-refractivity contribution in [2.45, 2.75) is 18.9 Å². The Labute approximate surface area is 192 Å². The first kappa shape index (κ1) is 22.1. The van der Waals surface area contributed by atoms with E-state index >= 15 is 0 Å². The molecule has 32 heavy (non-hydrogen) atoms. The molecule has 1 saturated heterocycles. The molecule has 6 nitrogen and oxygen atoms in total. The van der Waals surface area contributed by atoms with Gasteiger partial charge in [0, 0.05) is 46.2 Å². The summed E-state index contributed by atoms with van der Waals surface area (Å²) in [5.74, 6) is 6.29. The first-order valence-electron chi connectivity index (χ1n) is 10.6. The van der Waals surface area contributed by atoms with Crippen molar-refractivity contribution >= 4 is 34.1 Å². The number of benzene rings is 2. The third kappa shape index (κ3) is 5.38. The van der Waals surface area contributed by atoms with Crippen LogP contribution in [0, 0.1) is 11.8 Å². The number of hydrogen-bond acceptors (Lipinski definition) is 5. The maximum Gasteiger partial charge on any atom is 0.251 e. The molecule has 2 heterocycles. The average Bonchev–Trinajstić information content (AvgIpc) is 3.30. The molecule has 1 unspecified atom stereocenters. The van der Waals surface area contributed by atoms with Crippen LogP contribution in [-0.2, 0) is 0 Å². The van der Waals surface area contributed by atoms with E-state index in [1.165, 1.54) is 12.8 Å². The van der Waals surface area contributed by atoms with Crippen molar-refractivity contribution in [3.05, 3.63) is 70.4 Å². The Bertz CT molecular complexity index is 1170. The summed E-state index contributed by atoms with van der Waals surface area (Å²) in [5.41, 5.74) is 7.92. The molecular weight excluding hydrogens is 424 g/mol.